The molecular weight excluding hydrogens is 152 g/mol. The third kappa shape index (κ3) is 0.790. The van der Waals surface area contributed by atoms with Crippen LogP contribution < -0.4 is 0 Å². The molecule has 56 valence electrons. The number of rotatable bonds is 0. The average Bonchev–Trinajstić information content (AvgIpc) is 2.45. The van der Waals surface area contributed by atoms with Crippen molar-refractivity contribution in [2.45, 2.75) is 0 Å². The summed E-state index contributed by atoms with van der Waals surface area (Å²) < 4.78 is 29.7. The number of halogens is 2. The zero-order chi connectivity index (χ0) is 7.84. The number of nitrogens with zero attached hydrogens (tertiary/aromatic N) is 1. The molecule has 0 amide bonds. The summed E-state index contributed by atoms with van der Waals surface area (Å²) in [5, 5.41) is 3.78. The molecular formula is C7H3F2NO. The van der Waals surface area contributed by atoms with E-state index in [1.807, 2.05) is 0 Å². The Labute approximate surface area is 60.4 Å². The van der Waals surface area contributed by atoms with Crippen LogP contribution in [0.15, 0.2) is 22.9 Å². The number of aromatic nitrogens is 1. The van der Waals surface area contributed by atoms with Crippen LogP contribution in [0.2, 0.25) is 0 Å². The Balaban J connectivity index is 2.93. The van der Waals surface area contributed by atoms with Gasteiger partial charge in [0.1, 0.15) is 0 Å². The lowest BCUT2D eigenvalue weighted by Gasteiger charge is -1.89. The quantitative estimate of drug-likeness (QED) is 0.582. The molecule has 0 saturated carbocycles. The fourth-order valence-electron chi connectivity index (χ4n) is 0.877. The molecule has 0 aliphatic carbocycles. The molecule has 2 aromatic rings. The first-order valence-electron chi connectivity index (χ1n) is 2.97. The van der Waals surface area contributed by atoms with E-state index in [4.69, 9.17) is 0 Å². The first kappa shape index (κ1) is 6.27. The van der Waals surface area contributed by atoms with Crippen LogP contribution in [0.1, 0.15) is 0 Å². The van der Waals surface area contributed by atoms with Gasteiger partial charge in [-0.15, -0.1) is 0 Å². The fraction of sp³-hybridized carbons (Fsp3) is 0. The van der Waals surface area contributed by atoms with Crippen LogP contribution in [0.5, 0.6) is 0 Å². The first-order valence-corrected chi connectivity index (χ1v) is 2.97. The summed E-state index contributed by atoms with van der Waals surface area (Å²) >= 11 is 0. The zero-order valence-corrected chi connectivity index (χ0v) is 5.34. The summed E-state index contributed by atoms with van der Waals surface area (Å²) in [7, 11) is 0. The maximum Gasteiger partial charge on any atom is 0.205 e. The van der Waals surface area contributed by atoms with Crippen molar-refractivity contribution in [3.8, 4) is 0 Å². The average molecular weight is 155 g/mol. The van der Waals surface area contributed by atoms with Crippen molar-refractivity contribution in [3.05, 3.63) is 30.0 Å². The highest BCUT2D eigenvalue weighted by Crippen LogP contribution is 2.18. The zero-order valence-electron chi connectivity index (χ0n) is 5.34. The maximum absolute atomic E-state index is 12.7. The van der Waals surface area contributed by atoms with Gasteiger partial charge in [-0.05, 0) is 12.1 Å². The SMILES string of the molecule is Fc1ccc2cnoc2c1F. The van der Waals surface area contributed by atoms with E-state index >= 15 is 0 Å². The number of hydrogen-bond donors (Lipinski definition) is 0. The molecule has 0 radical (unpaired) electrons. The monoisotopic (exact) mass is 155 g/mol. The molecule has 4 heteroatoms. The van der Waals surface area contributed by atoms with Crippen LogP contribution in [0.3, 0.4) is 0 Å². The molecule has 0 atom stereocenters. The lowest BCUT2D eigenvalue weighted by molar-refractivity contribution is 0.427. The Morgan fingerprint density at radius 1 is 1.27 bits per heavy atom. The fourth-order valence-corrected chi connectivity index (χ4v) is 0.877. The summed E-state index contributed by atoms with van der Waals surface area (Å²) in [6.45, 7) is 0. The Hall–Kier alpha value is -1.45. The van der Waals surface area contributed by atoms with Gasteiger partial charge in [-0.3, -0.25) is 0 Å². The van der Waals surface area contributed by atoms with Crippen molar-refractivity contribution in [1.29, 1.82) is 0 Å². The summed E-state index contributed by atoms with van der Waals surface area (Å²) in [5.74, 6) is -1.91. The second-order valence-corrected chi connectivity index (χ2v) is 2.11. The van der Waals surface area contributed by atoms with Crippen molar-refractivity contribution in [1.82, 2.24) is 5.16 Å². The normalized spacial score (nSPS) is 10.7. The van der Waals surface area contributed by atoms with Crippen LogP contribution in [0.4, 0.5) is 8.78 Å². The van der Waals surface area contributed by atoms with Crippen molar-refractivity contribution in [2.24, 2.45) is 0 Å². The summed E-state index contributed by atoms with van der Waals surface area (Å²) in [6, 6.07) is 2.44. The molecule has 0 aliphatic heterocycles. The lowest BCUT2D eigenvalue weighted by atomic mass is 10.2. The van der Waals surface area contributed by atoms with E-state index in [-0.39, 0.29) is 5.58 Å². The third-order valence-electron chi connectivity index (χ3n) is 1.42. The standard InChI is InChI=1S/C7H3F2NO/c8-5-2-1-4-3-10-11-7(4)6(5)9/h1-3H. The van der Waals surface area contributed by atoms with E-state index in [0.717, 1.165) is 6.07 Å². The molecule has 0 N–H and O–H groups in total. The molecule has 1 aromatic carbocycles. The van der Waals surface area contributed by atoms with E-state index < -0.39 is 11.6 Å². The molecule has 0 aliphatic rings. The minimum Gasteiger partial charge on any atom is -0.353 e. The van der Waals surface area contributed by atoms with E-state index in [1.54, 1.807) is 0 Å². The van der Waals surface area contributed by atoms with Gasteiger partial charge < -0.3 is 4.52 Å². The van der Waals surface area contributed by atoms with Crippen LogP contribution in [0, 0.1) is 11.6 Å². The molecule has 1 aromatic heterocycles. The van der Waals surface area contributed by atoms with E-state index in [1.165, 1.54) is 12.3 Å². The molecule has 2 rings (SSSR count). The van der Waals surface area contributed by atoms with Crippen LogP contribution in [-0.4, -0.2) is 5.16 Å². The minimum absolute atomic E-state index is 0.134. The summed E-state index contributed by atoms with van der Waals surface area (Å²) in [4.78, 5) is 0. The predicted octanol–water partition coefficient (Wildman–Crippen LogP) is 2.11. The van der Waals surface area contributed by atoms with Crippen LogP contribution >= 0.6 is 0 Å². The van der Waals surface area contributed by atoms with E-state index in [2.05, 4.69) is 9.68 Å². The van der Waals surface area contributed by atoms with Crippen molar-refractivity contribution >= 4 is 11.0 Å². The largest absolute Gasteiger partial charge is 0.353 e. The Kier molecular flexibility index (Phi) is 1.15. The number of benzene rings is 1. The molecule has 0 saturated heterocycles. The summed E-state index contributed by atoms with van der Waals surface area (Å²) in [6.07, 6.45) is 1.33. The van der Waals surface area contributed by atoms with Gasteiger partial charge in [0.25, 0.3) is 0 Å². The third-order valence-corrected chi connectivity index (χ3v) is 1.42. The van der Waals surface area contributed by atoms with Crippen LogP contribution in [-0.2, 0) is 0 Å². The summed E-state index contributed by atoms with van der Waals surface area (Å²) in [5.41, 5.74) is -0.134. The van der Waals surface area contributed by atoms with Gasteiger partial charge in [0, 0.05) is 5.39 Å². The van der Waals surface area contributed by atoms with Crippen molar-refractivity contribution in [2.75, 3.05) is 0 Å². The minimum atomic E-state index is -0.986. The maximum atomic E-state index is 12.7. The molecule has 2 nitrogen and oxygen atoms in total. The van der Waals surface area contributed by atoms with Gasteiger partial charge in [-0.1, -0.05) is 5.16 Å². The molecule has 0 fully saturated rings. The molecule has 0 spiro atoms. The Morgan fingerprint density at radius 3 is 2.91 bits per heavy atom. The van der Waals surface area contributed by atoms with Crippen LogP contribution in [0.25, 0.3) is 11.0 Å². The van der Waals surface area contributed by atoms with Gasteiger partial charge in [0.05, 0.1) is 6.20 Å². The Bertz CT molecular complexity index is 396. The highest BCUT2D eigenvalue weighted by atomic mass is 19.2. The van der Waals surface area contributed by atoms with Crippen molar-refractivity contribution < 1.29 is 13.3 Å². The van der Waals surface area contributed by atoms with Gasteiger partial charge in [-0.2, -0.15) is 4.39 Å². The number of fused-ring (bicyclic) bond motifs is 1. The van der Waals surface area contributed by atoms with Gasteiger partial charge >= 0.3 is 0 Å². The lowest BCUT2D eigenvalue weighted by Crippen LogP contribution is -1.81. The highest BCUT2D eigenvalue weighted by molar-refractivity contribution is 5.76. The highest BCUT2D eigenvalue weighted by Gasteiger charge is 2.09. The molecule has 11 heavy (non-hydrogen) atoms. The molecule has 0 bridgehead atoms. The van der Waals surface area contributed by atoms with Gasteiger partial charge in [0.2, 0.25) is 11.4 Å². The molecule has 1 heterocycles. The van der Waals surface area contributed by atoms with Crippen molar-refractivity contribution in [3.63, 3.8) is 0 Å². The smallest absolute Gasteiger partial charge is 0.205 e. The van der Waals surface area contributed by atoms with Gasteiger partial charge in [-0.25, -0.2) is 4.39 Å². The predicted molar refractivity (Wildman–Crippen MR) is 33.9 cm³/mol. The second kappa shape index (κ2) is 2.02. The van der Waals surface area contributed by atoms with E-state index in [0.29, 0.717) is 5.39 Å². The Morgan fingerprint density at radius 2 is 2.09 bits per heavy atom. The topological polar surface area (TPSA) is 26.0 Å². The van der Waals surface area contributed by atoms with Gasteiger partial charge in [0.15, 0.2) is 5.82 Å². The number of hydrogen-bond acceptors (Lipinski definition) is 2. The molecule has 0 unspecified atom stereocenters. The second-order valence-electron chi connectivity index (χ2n) is 2.11. The van der Waals surface area contributed by atoms with E-state index in [9.17, 15) is 8.78 Å². The first-order chi connectivity index (χ1) is 5.29.